The fourth-order valence-corrected chi connectivity index (χ4v) is 2.66. The van der Waals surface area contributed by atoms with Crippen LogP contribution < -0.4 is 10.2 Å². The quantitative estimate of drug-likeness (QED) is 0.690. The zero-order valence-electron chi connectivity index (χ0n) is 15.5. The van der Waals surface area contributed by atoms with E-state index in [4.69, 9.17) is 0 Å². The van der Waals surface area contributed by atoms with E-state index in [0.29, 0.717) is 16.8 Å². The van der Waals surface area contributed by atoms with Crippen LogP contribution in [0.4, 0.5) is 11.4 Å². The molecule has 6 nitrogen and oxygen atoms in total. The number of amides is 2. The Hall–Kier alpha value is -3.80. The van der Waals surface area contributed by atoms with Crippen LogP contribution in [0.1, 0.15) is 38.1 Å². The van der Waals surface area contributed by atoms with Gasteiger partial charge >= 0.3 is 0 Å². The van der Waals surface area contributed by atoms with Crippen LogP contribution in [0.15, 0.2) is 72.9 Å². The summed E-state index contributed by atoms with van der Waals surface area (Å²) < 4.78 is 0. The van der Waals surface area contributed by atoms with E-state index in [9.17, 15) is 14.4 Å². The second-order valence-electron chi connectivity index (χ2n) is 6.22. The number of para-hydroxylation sites is 1. The molecular formula is C22H19N3O3. The second-order valence-corrected chi connectivity index (χ2v) is 6.22. The van der Waals surface area contributed by atoms with Gasteiger partial charge in [-0.25, -0.2) is 0 Å². The molecule has 0 spiro atoms. The Morgan fingerprint density at radius 1 is 0.893 bits per heavy atom. The van der Waals surface area contributed by atoms with Crippen LogP contribution >= 0.6 is 0 Å². The van der Waals surface area contributed by atoms with Gasteiger partial charge in [-0.1, -0.05) is 30.3 Å². The Bertz CT molecular complexity index is 1030. The summed E-state index contributed by atoms with van der Waals surface area (Å²) in [6.45, 7) is 1.46. The Kier molecular flexibility index (Phi) is 5.60. The fourth-order valence-electron chi connectivity index (χ4n) is 2.66. The molecule has 0 radical (unpaired) electrons. The molecule has 0 aliphatic rings. The van der Waals surface area contributed by atoms with E-state index in [0.717, 1.165) is 5.69 Å². The molecule has 3 aromatic rings. The van der Waals surface area contributed by atoms with Crippen molar-refractivity contribution < 1.29 is 14.4 Å². The summed E-state index contributed by atoms with van der Waals surface area (Å²) in [5.74, 6) is -0.801. The van der Waals surface area contributed by atoms with Gasteiger partial charge in [0.15, 0.2) is 5.78 Å². The van der Waals surface area contributed by atoms with Crippen molar-refractivity contribution in [3.05, 3.63) is 89.7 Å². The number of Topliss-reactive ketones (excluding diaryl/α,β-unsaturated/α-hetero) is 1. The minimum atomic E-state index is -0.460. The van der Waals surface area contributed by atoms with Gasteiger partial charge in [-0.15, -0.1) is 0 Å². The van der Waals surface area contributed by atoms with Crippen molar-refractivity contribution in [1.29, 1.82) is 0 Å². The standard InChI is InChI=1S/C22H19N3O3/c1-15(26)16-7-6-8-18(13-16)24-21(27)20-14-17(11-12-23-20)22(28)25(2)19-9-4-3-5-10-19/h3-14H,1-2H3,(H,24,27). The van der Waals surface area contributed by atoms with Gasteiger partial charge in [-0.3, -0.25) is 19.4 Å². The smallest absolute Gasteiger partial charge is 0.274 e. The second kappa shape index (κ2) is 8.26. The molecule has 2 aromatic carbocycles. The van der Waals surface area contributed by atoms with Crippen molar-refractivity contribution in [2.24, 2.45) is 0 Å². The first kappa shape index (κ1) is 19.0. The Labute approximate surface area is 162 Å². The highest BCUT2D eigenvalue weighted by molar-refractivity contribution is 6.08. The van der Waals surface area contributed by atoms with Crippen molar-refractivity contribution >= 4 is 29.0 Å². The molecule has 0 unspecified atom stereocenters. The first-order valence-corrected chi connectivity index (χ1v) is 8.67. The number of rotatable bonds is 5. The number of benzene rings is 2. The molecule has 3 rings (SSSR count). The maximum atomic E-state index is 12.7. The van der Waals surface area contributed by atoms with Crippen LogP contribution in [0.2, 0.25) is 0 Å². The number of anilines is 2. The van der Waals surface area contributed by atoms with Crippen molar-refractivity contribution in [3.63, 3.8) is 0 Å². The SMILES string of the molecule is CC(=O)c1cccc(NC(=O)c2cc(C(=O)N(C)c3ccccc3)ccn2)c1. The van der Waals surface area contributed by atoms with Crippen LogP contribution in [-0.2, 0) is 0 Å². The predicted molar refractivity (Wildman–Crippen MR) is 108 cm³/mol. The minimum absolute atomic E-state index is 0.0919. The van der Waals surface area contributed by atoms with Crippen LogP contribution in [0.3, 0.4) is 0 Å². The zero-order chi connectivity index (χ0) is 20.1. The van der Waals surface area contributed by atoms with E-state index < -0.39 is 5.91 Å². The highest BCUT2D eigenvalue weighted by Gasteiger charge is 2.16. The highest BCUT2D eigenvalue weighted by atomic mass is 16.2. The van der Waals surface area contributed by atoms with E-state index in [1.807, 2.05) is 30.3 Å². The predicted octanol–water partition coefficient (Wildman–Crippen LogP) is 3.81. The average Bonchev–Trinajstić information content (AvgIpc) is 2.73. The molecular weight excluding hydrogens is 354 g/mol. The normalized spacial score (nSPS) is 10.2. The van der Waals surface area contributed by atoms with Crippen LogP contribution in [0, 0.1) is 0 Å². The molecule has 0 saturated carbocycles. The maximum absolute atomic E-state index is 12.7. The monoisotopic (exact) mass is 373 g/mol. The van der Waals surface area contributed by atoms with Crippen molar-refractivity contribution in [1.82, 2.24) is 4.98 Å². The molecule has 1 aromatic heterocycles. The first-order valence-electron chi connectivity index (χ1n) is 8.67. The van der Waals surface area contributed by atoms with Gasteiger partial charge < -0.3 is 10.2 Å². The van der Waals surface area contributed by atoms with Gasteiger partial charge in [-0.05, 0) is 43.3 Å². The van der Waals surface area contributed by atoms with E-state index in [2.05, 4.69) is 10.3 Å². The number of carbonyl (C=O) groups is 3. The van der Waals surface area contributed by atoms with Crippen LogP contribution in [0.25, 0.3) is 0 Å². The molecule has 0 saturated heterocycles. The summed E-state index contributed by atoms with van der Waals surface area (Å²) in [7, 11) is 1.67. The van der Waals surface area contributed by atoms with E-state index >= 15 is 0 Å². The van der Waals surface area contributed by atoms with Gasteiger partial charge in [0.25, 0.3) is 11.8 Å². The summed E-state index contributed by atoms with van der Waals surface area (Å²) in [5.41, 5.74) is 2.19. The Morgan fingerprint density at radius 2 is 1.64 bits per heavy atom. The topological polar surface area (TPSA) is 79.4 Å². The van der Waals surface area contributed by atoms with Crippen molar-refractivity contribution in [3.8, 4) is 0 Å². The maximum Gasteiger partial charge on any atom is 0.274 e. The lowest BCUT2D eigenvalue weighted by Gasteiger charge is -2.17. The van der Waals surface area contributed by atoms with Crippen molar-refractivity contribution in [2.75, 3.05) is 17.3 Å². The van der Waals surface area contributed by atoms with Gasteiger partial charge in [0.2, 0.25) is 0 Å². The molecule has 1 heterocycles. The van der Waals surface area contributed by atoms with Crippen LogP contribution in [-0.4, -0.2) is 29.6 Å². The lowest BCUT2D eigenvalue weighted by Crippen LogP contribution is -2.26. The Morgan fingerprint density at radius 3 is 2.36 bits per heavy atom. The first-order chi connectivity index (χ1) is 13.5. The fraction of sp³-hybridized carbons (Fsp3) is 0.0909. The summed E-state index contributed by atoms with van der Waals surface area (Å²) in [4.78, 5) is 42.3. The average molecular weight is 373 g/mol. The molecule has 0 fully saturated rings. The Balaban J connectivity index is 1.79. The summed E-state index contributed by atoms with van der Waals surface area (Å²) in [5, 5.41) is 2.70. The largest absolute Gasteiger partial charge is 0.321 e. The number of aromatic nitrogens is 1. The number of nitrogens with one attached hydrogen (secondary N) is 1. The van der Waals surface area contributed by atoms with E-state index in [1.54, 1.807) is 37.4 Å². The summed E-state index contributed by atoms with van der Waals surface area (Å²) in [6, 6.07) is 18.9. The molecule has 0 aliphatic heterocycles. The number of nitrogens with zero attached hydrogens (tertiary/aromatic N) is 2. The van der Waals surface area contributed by atoms with Gasteiger partial charge in [0, 0.05) is 35.7 Å². The molecule has 6 heteroatoms. The number of hydrogen-bond donors (Lipinski definition) is 1. The molecule has 28 heavy (non-hydrogen) atoms. The molecule has 140 valence electrons. The molecule has 0 aliphatic carbocycles. The number of ketones is 1. The highest BCUT2D eigenvalue weighted by Crippen LogP contribution is 2.16. The third kappa shape index (κ3) is 4.29. The van der Waals surface area contributed by atoms with Gasteiger partial charge in [0.05, 0.1) is 0 Å². The zero-order valence-corrected chi connectivity index (χ0v) is 15.5. The summed E-state index contributed by atoms with van der Waals surface area (Å²) >= 11 is 0. The van der Waals surface area contributed by atoms with Gasteiger partial charge in [0.1, 0.15) is 5.69 Å². The number of carbonyl (C=O) groups excluding carboxylic acids is 3. The third-order valence-corrected chi connectivity index (χ3v) is 4.21. The third-order valence-electron chi connectivity index (χ3n) is 4.21. The lowest BCUT2D eigenvalue weighted by atomic mass is 10.1. The minimum Gasteiger partial charge on any atom is -0.321 e. The molecule has 0 atom stereocenters. The number of hydrogen-bond acceptors (Lipinski definition) is 4. The lowest BCUT2D eigenvalue weighted by molar-refractivity contribution is 0.0989. The number of pyridine rings is 1. The van der Waals surface area contributed by atoms with E-state index in [-0.39, 0.29) is 17.4 Å². The molecule has 0 bridgehead atoms. The molecule has 2 amide bonds. The van der Waals surface area contributed by atoms with Crippen LogP contribution in [0.5, 0.6) is 0 Å². The van der Waals surface area contributed by atoms with Crippen molar-refractivity contribution in [2.45, 2.75) is 6.92 Å². The van der Waals surface area contributed by atoms with E-state index in [1.165, 1.54) is 24.1 Å². The molecule has 1 N–H and O–H groups in total. The van der Waals surface area contributed by atoms with Gasteiger partial charge in [-0.2, -0.15) is 0 Å². The summed E-state index contributed by atoms with van der Waals surface area (Å²) in [6.07, 6.45) is 1.42.